The fraction of sp³-hybridized carbons (Fsp3) is 0.273. The van der Waals surface area contributed by atoms with Gasteiger partial charge < -0.3 is 5.32 Å². The maximum Gasteiger partial charge on any atom is 0.256 e. The van der Waals surface area contributed by atoms with Crippen LogP contribution in [0, 0.1) is 5.92 Å². The molecule has 1 N–H and O–H groups in total. The lowest BCUT2D eigenvalue weighted by molar-refractivity contribution is 0.102. The molecule has 30 heavy (non-hydrogen) atoms. The van der Waals surface area contributed by atoms with Crippen molar-refractivity contribution in [2.24, 2.45) is 5.92 Å². The van der Waals surface area contributed by atoms with Crippen molar-refractivity contribution in [3.8, 4) is 0 Å². The van der Waals surface area contributed by atoms with Gasteiger partial charge in [-0.25, -0.2) is 13.4 Å². The number of fused-ring (bicyclic) bond motifs is 1. The molecule has 1 aliphatic heterocycles. The number of nitrogens with one attached hydrogen (secondary N) is 1. The SMILES string of the molecule is C[C@H]1CCCN(S(=O)(=O)c2cc(C(=O)Nc3ccc4ccccc4n3)ccc2Cl)C1. The minimum absolute atomic E-state index is 0.0441. The van der Waals surface area contributed by atoms with Gasteiger partial charge >= 0.3 is 0 Å². The molecule has 2 aromatic carbocycles. The van der Waals surface area contributed by atoms with Crippen molar-refractivity contribution in [2.45, 2.75) is 24.7 Å². The van der Waals surface area contributed by atoms with E-state index in [1.807, 2.05) is 37.3 Å². The summed E-state index contributed by atoms with van der Waals surface area (Å²) in [6.45, 7) is 2.94. The number of para-hydroxylation sites is 1. The van der Waals surface area contributed by atoms with Gasteiger partial charge in [0, 0.05) is 24.0 Å². The Kier molecular flexibility index (Phi) is 5.77. The molecule has 4 rings (SSSR count). The first-order chi connectivity index (χ1) is 14.3. The predicted octanol–water partition coefficient (Wildman–Crippen LogP) is 4.56. The van der Waals surface area contributed by atoms with Crippen molar-refractivity contribution < 1.29 is 13.2 Å². The third-order valence-corrected chi connectivity index (χ3v) is 7.62. The number of aromatic nitrogens is 1. The number of carbonyl (C=O) groups excluding carboxylic acids is 1. The van der Waals surface area contributed by atoms with Crippen LogP contribution in [-0.2, 0) is 10.0 Å². The van der Waals surface area contributed by atoms with E-state index in [1.165, 1.54) is 22.5 Å². The molecule has 0 saturated carbocycles. The van der Waals surface area contributed by atoms with E-state index in [9.17, 15) is 13.2 Å². The van der Waals surface area contributed by atoms with Crippen LogP contribution in [0.15, 0.2) is 59.5 Å². The van der Waals surface area contributed by atoms with Gasteiger partial charge in [0.25, 0.3) is 5.91 Å². The van der Waals surface area contributed by atoms with Gasteiger partial charge in [-0.05, 0) is 55.2 Å². The molecule has 1 amide bonds. The Morgan fingerprint density at radius 3 is 2.77 bits per heavy atom. The Morgan fingerprint density at radius 2 is 1.97 bits per heavy atom. The van der Waals surface area contributed by atoms with Crippen molar-refractivity contribution in [1.29, 1.82) is 0 Å². The highest BCUT2D eigenvalue weighted by atomic mass is 35.5. The first-order valence-electron chi connectivity index (χ1n) is 9.81. The molecule has 0 aliphatic carbocycles. The Balaban J connectivity index is 1.61. The van der Waals surface area contributed by atoms with Gasteiger partial charge in [0.2, 0.25) is 10.0 Å². The number of amides is 1. The molecule has 0 radical (unpaired) electrons. The first kappa shape index (κ1) is 20.8. The lowest BCUT2D eigenvalue weighted by Gasteiger charge is -2.30. The lowest BCUT2D eigenvalue weighted by atomic mass is 10.0. The summed E-state index contributed by atoms with van der Waals surface area (Å²) in [6.07, 6.45) is 1.81. The van der Waals surface area contributed by atoms with Gasteiger partial charge in [0.1, 0.15) is 10.7 Å². The maximum absolute atomic E-state index is 13.1. The summed E-state index contributed by atoms with van der Waals surface area (Å²) in [5, 5.41) is 3.80. The summed E-state index contributed by atoms with van der Waals surface area (Å²) in [4.78, 5) is 17.1. The number of sulfonamides is 1. The van der Waals surface area contributed by atoms with Crippen molar-refractivity contribution >= 4 is 44.3 Å². The van der Waals surface area contributed by atoms with Gasteiger partial charge in [0.15, 0.2) is 0 Å². The van der Waals surface area contributed by atoms with Gasteiger partial charge in [0.05, 0.1) is 10.5 Å². The second-order valence-corrected chi connectivity index (χ2v) is 9.91. The maximum atomic E-state index is 13.1. The Hall–Kier alpha value is -2.48. The Labute approximate surface area is 180 Å². The molecule has 1 fully saturated rings. The number of anilines is 1. The molecule has 1 atom stereocenters. The summed E-state index contributed by atoms with van der Waals surface area (Å²) in [5.41, 5.74) is 0.965. The number of benzene rings is 2. The average Bonchev–Trinajstić information content (AvgIpc) is 2.74. The van der Waals surface area contributed by atoms with Gasteiger partial charge in [-0.2, -0.15) is 4.31 Å². The summed E-state index contributed by atoms with van der Waals surface area (Å²) < 4.78 is 27.7. The van der Waals surface area contributed by atoms with E-state index in [2.05, 4.69) is 10.3 Å². The highest BCUT2D eigenvalue weighted by Crippen LogP contribution is 2.29. The van der Waals surface area contributed by atoms with Crippen LogP contribution in [-0.4, -0.2) is 36.7 Å². The van der Waals surface area contributed by atoms with Crippen LogP contribution in [0.1, 0.15) is 30.1 Å². The van der Waals surface area contributed by atoms with Crippen LogP contribution in [0.5, 0.6) is 0 Å². The minimum Gasteiger partial charge on any atom is -0.307 e. The molecule has 156 valence electrons. The smallest absolute Gasteiger partial charge is 0.256 e. The quantitative estimate of drug-likeness (QED) is 0.641. The zero-order valence-corrected chi connectivity index (χ0v) is 18.1. The molecule has 0 spiro atoms. The molecular formula is C22H22ClN3O3S. The number of hydrogen-bond acceptors (Lipinski definition) is 4. The third-order valence-electron chi connectivity index (χ3n) is 5.27. The zero-order valence-electron chi connectivity index (χ0n) is 16.5. The summed E-state index contributed by atoms with van der Waals surface area (Å²) in [6, 6.07) is 15.5. The summed E-state index contributed by atoms with van der Waals surface area (Å²) in [7, 11) is -3.78. The van der Waals surface area contributed by atoms with E-state index >= 15 is 0 Å². The number of piperidine rings is 1. The molecule has 8 heteroatoms. The molecule has 3 aromatic rings. The first-order valence-corrected chi connectivity index (χ1v) is 11.6. The van der Waals surface area contributed by atoms with Crippen molar-refractivity contribution in [1.82, 2.24) is 9.29 Å². The van der Waals surface area contributed by atoms with E-state index in [4.69, 9.17) is 11.6 Å². The molecule has 0 unspecified atom stereocenters. The molecule has 1 saturated heterocycles. The third kappa shape index (κ3) is 4.19. The van der Waals surface area contributed by atoms with Gasteiger partial charge in [-0.3, -0.25) is 4.79 Å². The molecule has 1 aromatic heterocycles. The summed E-state index contributed by atoms with van der Waals surface area (Å²) >= 11 is 6.22. The van der Waals surface area contributed by atoms with Gasteiger partial charge in [-0.15, -0.1) is 0 Å². The molecular weight excluding hydrogens is 422 g/mol. The van der Waals surface area contributed by atoms with E-state index < -0.39 is 15.9 Å². The second kappa shape index (κ2) is 8.34. The van der Waals surface area contributed by atoms with Crippen molar-refractivity contribution in [3.63, 3.8) is 0 Å². The van der Waals surface area contributed by atoms with Crippen LogP contribution in [0.4, 0.5) is 5.82 Å². The molecule has 0 bridgehead atoms. The largest absolute Gasteiger partial charge is 0.307 e. The van der Waals surface area contributed by atoms with E-state index in [0.29, 0.717) is 18.9 Å². The predicted molar refractivity (Wildman–Crippen MR) is 118 cm³/mol. The number of nitrogens with zero attached hydrogens (tertiary/aromatic N) is 2. The molecule has 1 aliphatic rings. The topological polar surface area (TPSA) is 79.4 Å². The van der Waals surface area contributed by atoms with E-state index in [-0.39, 0.29) is 21.4 Å². The zero-order chi connectivity index (χ0) is 21.3. The minimum atomic E-state index is -3.78. The number of carbonyl (C=O) groups is 1. The monoisotopic (exact) mass is 443 g/mol. The fourth-order valence-corrected chi connectivity index (χ4v) is 5.77. The van der Waals surface area contributed by atoms with Crippen LogP contribution in [0.3, 0.4) is 0 Å². The van der Waals surface area contributed by atoms with Crippen LogP contribution in [0.25, 0.3) is 10.9 Å². The number of pyridine rings is 1. The van der Waals surface area contributed by atoms with E-state index in [0.717, 1.165) is 23.7 Å². The second-order valence-electron chi connectivity index (χ2n) is 7.60. The number of rotatable bonds is 4. The highest BCUT2D eigenvalue weighted by Gasteiger charge is 2.31. The average molecular weight is 444 g/mol. The highest BCUT2D eigenvalue weighted by molar-refractivity contribution is 7.89. The van der Waals surface area contributed by atoms with Crippen molar-refractivity contribution in [2.75, 3.05) is 18.4 Å². The van der Waals surface area contributed by atoms with Crippen LogP contribution in [0.2, 0.25) is 5.02 Å². The van der Waals surface area contributed by atoms with Crippen molar-refractivity contribution in [3.05, 3.63) is 65.2 Å². The van der Waals surface area contributed by atoms with Crippen LogP contribution >= 0.6 is 11.6 Å². The fourth-order valence-electron chi connectivity index (χ4n) is 3.67. The number of halogens is 1. The Morgan fingerprint density at radius 1 is 1.17 bits per heavy atom. The van der Waals surface area contributed by atoms with Crippen LogP contribution < -0.4 is 5.32 Å². The standard InChI is InChI=1S/C22H22ClN3O3S/c1-15-5-4-12-26(14-15)30(28,29)20-13-17(8-10-18(20)23)22(27)25-21-11-9-16-6-2-3-7-19(16)24-21/h2-3,6-11,13,15H,4-5,12,14H2,1H3,(H,24,25,27)/t15-/m0/s1. The summed E-state index contributed by atoms with van der Waals surface area (Å²) in [5.74, 6) is 0.235. The number of hydrogen-bond donors (Lipinski definition) is 1. The molecule has 2 heterocycles. The van der Waals surface area contributed by atoms with Gasteiger partial charge in [-0.1, -0.05) is 36.7 Å². The van der Waals surface area contributed by atoms with E-state index in [1.54, 1.807) is 6.07 Å². The normalized spacial score (nSPS) is 17.7. The lowest BCUT2D eigenvalue weighted by Crippen LogP contribution is -2.39. The molecule has 6 nitrogen and oxygen atoms in total. The Bertz CT molecular complexity index is 1210.